The van der Waals surface area contributed by atoms with Crippen molar-refractivity contribution in [1.82, 2.24) is 0 Å². The molecule has 0 radical (unpaired) electrons. The van der Waals surface area contributed by atoms with Crippen molar-refractivity contribution in [3.8, 4) is 0 Å². The number of rotatable bonds is 10. The van der Waals surface area contributed by atoms with Crippen molar-refractivity contribution in [3.63, 3.8) is 0 Å². The third kappa shape index (κ3) is 5.28. The third-order valence-corrected chi connectivity index (χ3v) is 6.83. The van der Waals surface area contributed by atoms with E-state index in [1.54, 1.807) is 48.5 Å². The predicted octanol–water partition coefficient (Wildman–Crippen LogP) is 6.57. The van der Waals surface area contributed by atoms with E-state index in [1.165, 1.54) is 0 Å². The van der Waals surface area contributed by atoms with E-state index < -0.39 is 45.8 Å². The van der Waals surface area contributed by atoms with Gasteiger partial charge in [0.2, 0.25) is 0 Å². The van der Waals surface area contributed by atoms with Crippen LogP contribution in [0.25, 0.3) is 0 Å². The van der Waals surface area contributed by atoms with Crippen molar-refractivity contribution >= 4 is 23.5 Å². The second-order valence-corrected chi connectivity index (χ2v) is 9.04. The molecule has 0 saturated carbocycles. The Kier molecular flexibility index (Phi) is 8.20. The van der Waals surface area contributed by atoms with Gasteiger partial charge in [-0.3, -0.25) is 9.59 Å². The van der Waals surface area contributed by atoms with Gasteiger partial charge in [0.05, 0.1) is 11.1 Å². The minimum atomic E-state index is -1.42. The van der Waals surface area contributed by atoms with Gasteiger partial charge in [0, 0.05) is 22.3 Å². The first kappa shape index (κ1) is 26.5. The van der Waals surface area contributed by atoms with Crippen LogP contribution < -0.4 is 0 Å². The van der Waals surface area contributed by atoms with Crippen molar-refractivity contribution in [3.05, 3.63) is 105 Å². The lowest BCUT2D eigenvalue weighted by molar-refractivity contribution is 0.0677. The number of aromatic carboxylic acids is 2. The molecule has 0 bridgehead atoms. The van der Waals surface area contributed by atoms with Gasteiger partial charge in [0.15, 0.2) is 11.6 Å². The lowest BCUT2D eigenvalue weighted by Crippen LogP contribution is -2.20. The van der Waals surface area contributed by atoms with Crippen LogP contribution in [0.2, 0.25) is 0 Å². The van der Waals surface area contributed by atoms with E-state index in [9.17, 15) is 29.4 Å². The molecule has 0 fully saturated rings. The first-order valence-electron chi connectivity index (χ1n) is 12.0. The van der Waals surface area contributed by atoms with Crippen molar-refractivity contribution < 1.29 is 29.4 Å². The smallest absolute Gasteiger partial charge is 0.336 e. The van der Waals surface area contributed by atoms with Crippen molar-refractivity contribution in [1.29, 1.82) is 0 Å². The fourth-order valence-electron chi connectivity index (χ4n) is 4.12. The van der Waals surface area contributed by atoms with E-state index >= 15 is 0 Å². The molecular weight excluding hydrogens is 456 g/mol. The minimum absolute atomic E-state index is 0.174. The number of carboxylic acid groups (broad SMARTS) is 2. The first-order chi connectivity index (χ1) is 17.1. The first-order valence-corrected chi connectivity index (χ1v) is 12.0. The van der Waals surface area contributed by atoms with E-state index in [-0.39, 0.29) is 23.0 Å². The largest absolute Gasteiger partial charge is 0.478 e. The van der Waals surface area contributed by atoms with Crippen LogP contribution in [0.5, 0.6) is 0 Å². The van der Waals surface area contributed by atoms with Gasteiger partial charge >= 0.3 is 11.9 Å². The Labute approximate surface area is 210 Å². The maximum Gasteiger partial charge on any atom is 0.336 e. The Hall–Kier alpha value is -4.06. The minimum Gasteiger partial charge on any atom is -0.478 e. The van der Waals surface area contributed by atoms with Gasteiger partial charge in [-0.1, -0.05) is 76.2 Å². The summed E-state index contributed by atoms with van der Waals surface area (Å²) in [6.45, 7) is 8.21. The molecule has 186 valence electrons. The normalized spacial score (nSPS) is 12.6. The molecular formula is C30H30O6. The van der Waals surface area contributed by atoms with E-state index in [2.05, 4.69) is 13.8 Å². The van der Waals surface area contributed by atoms with E-state index in [4.69, 9.17) is 0 Å². The number of carboxylic acids is 2. The maximum absolute atomic E-state index is 13.6. The average molecular weight is 487 g/mol. The van der Waals surface area contributed by atoms with Gasteiger partial charge in [0.25, 0.3) is 0 Å². The summed E-state index contributed by atoms with van der Waals surface area (Å²) in [5.41, 5.74) is 0.700. The standard InChI is InChI=1S/C30H30O6/c1-5-17(3)19-7-11-21(12-8-19)27(31)25-23(29(33)34)15-16-24(30(35)36)26(25)28(32)22-13-9-20(10-14-22)18(4)6-2/h7-18H,5-6H2,1-4H3,(H,33,34)(H,35,36). The Balaban J connectivity index is 2.21. The SMILES string of the molecule is CCC(C)c1ccc(C(=O)c2c(C(=O)O)ccc(C(=O)O)c2C(=O)c2ccc(C(C)CC)cc2)cc1. The zero-order valence-corrected chi connectivity index (χ0v) is 20.9. The molecule has 0 aromatic heterocycles. The van der Waals surface area contributed by atoms with Crippen LogP contribution >= 0.6 is 0 Å². The van der Waals surface area contributed by atoms with Gasteiger partial charge in [-0.05, 0) is 47.9 Å². The van der Waals surface area contributed by atoms with Gasteiger partial charge in [-0.25, -0.2) is 9.59 Å². The molecule has 36 heavy (non-hydrogen) atoms. The van der Waals surface area contributed by atoms with Crippen LogP contribution in [-0.2, 0) is 0 Å². The molecule has 0 aliphatic heterocycles. The number of hydrogen-bond donors (Lipinski definition) is 2. The summed E-state index contributed by atoms with van der Waals surface area (Å²) >= 11 is 0. The van der Waals surface area contributed by atoms with Crippen molar-refractivity contribution in [2.75, 3.05) is 0 Å². The number of ketones is 2. The molecule has 3 aromatic carbocycles. The topological polar surface area (TPSA) is 109 Å². The Bertz CT molecular complexity index is 1200. The van der Waals surface area contributed by atoms with Crippen LogP contribution in [0.15, 0.2) is 60.7 Å². The lowest BCUT2D eigenvalue weighted by Gasteiger charge is -2.16. The summed E-state index contributed by atoms with van der Waals surface area (Å²) in [6, 6.07) is 15.6. The van der Waals surface area contributed by atoms with Crippen LogP contribution in [0.1, 0.15) is 116 Å². The highest BCUT2D eigenvalue weighted by Crippen LogP contribution is 2.28. The Morgan fingerprint density at radius 2 is 0.889 bits per heavy atom. The zero-order chi connectivity index (χ0) is 26.6. The monoisotopic (exact) mass is 486 g/mol. The highest BCUT2D eigenvalue weighted by Gasteiger charge is 2.30. The fourth-order valence-corrected chi connectivity index (χ4v) is 4.12. The molecule has 0 aliphatic rings. The molecule has 6 heteroatoms. The lowest BCUT2D eigenvalue weighted by atomic mass is 9.85. The highest BCUT2D eigenvalue weighted by molar-refractivity contribution is 6.25. The molecule has 2 atom stereocenters. The van der Waals surface area contributed by atoms with Gasteiger partial charge in [-0.15, -0.1) is 0 Å². The quantitative estimate of drug-likeness (QED) is 0.314. The molecule has 3 rings (SSSR count). The molecule has 0 spiro atoms. The summed E-state index contributed by atoms with van der Waals surface area (Å²) in [4.78, 5) is 51.4. The van der Waals surface area contributed by atoms with Gasteiger partial charge in [-0.2, -0.15) is 0 Å². The number of benzene rings is 3. The van der Waals surface area contributed by atoms with Crippen LogP contribution in [0.3, 0.4) is 0 Å². The van der Waals surface area contributed by atoms with Gasteiger partial charge < -0.3 is 10.2 Å². The van der Waals surface area contributed by atoms with E-state index in [1.807, 2.05) is 13.8 Å². The molecule has 0 aliphatic carbocycles. The predicted molar refractivity (Wildman–Crippen MR) is 138 cm³/mol. The molecule has 6 nitrogen and oxygen atoms in total. The fraction of sp³-hybridized carbons (Fsp3) is 0.267. The molecule has 2 N–H and O–H groups in total. The maximum atomic E-state index is 13.6. The summed E-state index contributed by atoms with van der Waals surface area (Å²) < 4.78 is 0. The molecule has 3 aromatic rings. The average Bonchev–Trinajstić information content (AvgIpc) is 2.90. The number of carbonyl (C=O) groups is 4. The number of hydrogen-bond acceptors (Lipinski definition) is 4. The highest BCUT2D eigenvalue weighted by atomic mass is 16.4. The second kappa shape index (κ2) is 11.1. The van der Waals surface area contributed by atoms with Gasteiger partial charge in [0.1, 0.15) is 0 Å². The Morgan fingerprint density at radius 1 is 0.583 bits per heavy atom. The second-order valence-electron chi connectivity index (χ2n) is 9.04. The third-order valence-electron chi connectivity index (χ3n) is 6.83. The molecule has 0 heterocycles. The molecule has 2 unspecified atom stereocenters. The number of carbonyl (C=O) groups excluding carboxylic acids is 2. The van der Waals surface area contributed by atoms with Crippen molar-refractivity contribution in [2.24, 2.45) is 0 Å². The summed E-state index contributed by atoms with van der Waals surface area (Å²) in [5.74, 6) is -3.74. The molecule has 0 saturated heterocycles. The van der Waals surface area contributed by atoms with Crippen LogP contribution in [0.4, 0.5) is 0 Å². The zero-order valence-electron chi connectivity index (χ0n) is 20.9. The Morgan fingerprint density at radius 3 is 1.14 bits per heavy atom. The van der Waals surface area contributed by atoms with E-state index in [0.29, 0.717) is 0 Å². The summed E-state index contributed by atoms with van der Waals surface area (Å²) in [5, 5.41) is 19.7. The summed E-state index contributed by atoms with van der Waals surface area (Å²) in [7, 11) is 0. The summed E-state index contributed by atoms with van der Waals surface area (Å²) in [6.07, 6.45) is 1.82. The van der Waals surface area contributed by atoms with Crippen LogP contribution in [-0.4, -0.2) is 33.7 Å². The van der Waals surface area contributed by atoms with Crippen LogP contribution in [0, 0.1) is 0 Å². The van der Waals surface area contributed by atoms with Crippen molar-refractivity contribution in [2.45, 2.75) is 52.4 Å². The van der Waals surface area contributed by atoms with E-state index in [0.717, 1.165) is 36.1 Å². The molecule has 0 amide bonds.